The summed E-state index contributed by atoms with van der Waals surface area (Å²) in [6.07, 6.45) is 6.53. The normalized spacial score (nSPS) is 18.4. The van der Waals surface area contributed by atoms with Gasteiger partial charge in [0.1, 0.15) is 0 Å². The quantitative estimate of drug-likeness (QED) is 0.427. The van der Waals surface area contributed by atoms with Gasteiger partial charge in [0.15, 0.2) is 0 Å². The maximum atomic E-state index is 11.4. The van der Waals surface area contributed by atoms with Crippen LogP contribution in [0.1, 0.15) is 46.0 Å². The summed E-state index contributed by atoms with van der Waals surface area (Å²) in [4.78, 5) is 11.4. The van der Waals surface area contributed by atoms with Gasteiger partial charge in [-0.05, 0) is 32.6 Å². The number of rotatable bonds is 5. The molecule has 0 radical (unpaired) electrons. The zero-order chi connectivity index (χ0) is 12.0. The fraction of sp³-hybridized carbons (Fsp3) is 0.917. The lowest BCUT2D eigenvalue weighted by molar-refractivity contribution is -0.133. The van der Waals surface area contributed by atoms with Crippen LogP contribution in [-0.4, -0.2) is 19.1 Å². The van der Waals surface area contributed by atoms with E-state index in [1.54, 1.807) is 0 Å². The average Bonchev–Trinajstić information content (AvgIpc) is 2.29. The van der Waals surface area contributed by atoms with E-state index in [9.17, 15) is 4.79 Å². The lowest BCUT2D eigenvalue weighted by atomic mass is 9.90. The molecular formula is C12H24N2O2. The number of carbonyl (C=O) groups is 1. The molecule has 0 aromatic carbocycles. The van der Waals surface area contributed by atoms with Gasteiger partial charge in [-0.1, -0.05) is 19.3 Å². The van der Waals surface area contributed by atoms with E-state index in [0.29, 0.717) is 12.5 Å². The molecule has 0 unspecified atom stereocenters. The molecule has 0 saturated heterocycles. The van der Waals surface area contributed by atoms with Crippen LogP contribution in [0, 0.1) is 11.3 Å². The smallest absolute Gasteiger partial charge is 0.241 e. The summed E-state index contributed by atoms with van der Waals surface area (Å²) in [5.41, 5.74) is 1.64. The molecule has 1 fully saturated rings. The third kappa shape index (κ3) is 4.10. The van der Waals surface area contributed by atoms with Gasteiger partial charge in [0.25, 0.3) is 0 Å². The van der Waals surface area contributed by atoms with Crippen LogP contribution in [0.3, 0.4) is 0 Å². The number of carbonyl (C=O) groups excluding carboxylic acids is 1. The van der Waals surface area contributed by atoms with Gasteiger partial charge in [0, 0.05) is 6.61 Å². The highest BCUT2D eigenvalue weighted by Crippen LogP contribution is 2.24. The molecule has 4 nitrogen and oxygen atoms in total. The first-order valence-corrected chi connectivity index (χ1v) is 6.15. The van der Waals surface area contributed by atoms with Gasteiger partial charge in [-0.2, -0.15) is 0 Å². The van der Waals surface area contributed by atoms with Gasteiger partial charge >= 0.3 is 0 Å². The van der Waals surface area contributed by atoms with Crippen molar-refractivity contribution in [2.24, 2.45) is 17.2 Å². The van der Waals surface area contributed by atoms with Crippen LogP contribution in [0.25, 0.3) is 0 Å². The summed E-state index contributed by atoms with van der Waals surface area (Å²) >= 11 is 0. The second-order valence-corrected chi connectivity index (χ2v) is 5.38. The molecule has 0 aromatic rings. The molecular weight excluding hydrogens is 204 g/mol. The fourth-order valence-corrected chi connectivity index (χ4v) is 2.10. The standard InChI is InChI=1S/C12H24N2O2/c1-12(2,11(15)14-13)9-16-8-10-6-4-3-5-7-10/h10H,3-9,13H2,1-2H3,(H,14,15). The summed E-state index contributed by atoms with van der Waals surface area (Å²) in [5.74, 6) is 5.63. The van der Waals surface area contributed by atoms with Crippen LogP contribution in [0.4, 0.5) is 0 Å². The van der Waals surface area contributed by atoms with E-state index in [1.807, 2.05) is 13.8 Å². The zero-order valence-electron chi connectivity index (χ0n) is 10.4. The maximum Gasteiger partial charge on any atom is 0.241 e. The van der Waals surface area contributed by atoms with Gasteiger partial charge in [0.2, 0.25) is 5.91 Å². The number of hydrogen-bond donors (Lipinski definition) is 2. The summed E-state index contributed by atoms with van der Waals surface area (Å²) in [6, 6.07) is 0. The predicted molar refractivity (Wildman–Crippen MR) is 63.5 cm³/mol. The number of ether oxygens (including phenoxy) is 1. The van der Waals surface area contributed by atoms with Crippen LogP contribution in [0.5, 0.6) is 0 Å². The van der Waals surface area contributed by atoms with E-state index in [0.717, 1.165) is 6.61 Å². The van der Waals surface area contributed by atoms with Gasteiger partial charge in [-0.15, -0.1) is 0 Å². The Kier molecular flexibility index (Phi) is 5.22. The Labute approximate surface area is 97.9 Å². The average molecular weight is 228 g/mol. The SMILES string of the molecule is CC(C)(COCC1CCCCC1)C(=O)NN. The number of nitrogens with two attached hydrogens (primary N) is 1. The van der Waals surface area contributed by atoms with E-state index in [2.05, 4.69) is 5.43 Å². The first-order valence-electron chi connectivity index (χ1n) is 6.15. The maximum absolute atomic E-state index is 11.4. The van der Waals surface area contributed by atoms with Crippen molar-refractivity contribution in [3.63, 3.8) is 0 Å². The largest absolute Gasteiger partial charge is 0.380 e. The van der Waals surface area contributed by atoms with Crippen LogP contribution in [0.2, 0.25) is 0 Å². The van der Waals surface area contributed by atoms with Crippen LogP contribution in [-0.2, 0) is 9.53 Å². The van der Waals surface area contributed by atoms with E-state index >= 15 is 0 Å². The van der Waals surface area contributed by atoms with Crippen LogP contribution >= 0.6 is 0 Å². The molecule has 0 aromatic heterocycles. The van der Waals surface area contributed by atoms with Crippen molar-refractivity contribution in [3.05, 3.63) is 0 Å². The second-order valence-electron chi connectivity index (χ2n) is 5.38. The molecule has 16 heavy (non-hydrogen) atoms. The first-order chi connectivity index (χ1) is 7.56. The Balaban J connectivity index is 2.20. The van der Waals surface area contributed by atoms with Crippen molar-refractivity contribution in [1.29, 1.82) is 0 Å². The van der Waals surface area contributed by atoms with Crippen molar-refractivity contribution in [2.75, 3.05) is 13.2 Å². The Morgan fingerprint density at radius 1 is 1.38 bits per heavy atom. The Hall–Kier alpha value is -0.610. The predicted octanol–water partition coefficient (Wildman–Crippen LogP) is 1.60. The summed E-state index contributed by atoms with van der Waals surface area (Å²) in [7, 11) is 0. The molecule has 0 atom stereocenters. The fourth-order valence-electron chi connectivity index (χ4n) is 2.10. The molecule has 1 amide bonds. The molecule has 94 valence electrons. The molecule has 1 aliphatic rings. The number of amides is 1. The van der Waals surface area contributed by atoms with Gasteiger partial charge < -0.3 is 4.74 Å². The Morgan fingerprint density at radius 3 is 2.56 bits per heavy atom. The molecule has 0 bridgehead atoms. The topological polar surface area (TPSA) is 64.3 Å². The van der Waals surface area contributed by atoms with E-state index in [-0.39, 0.29) is 5.91 Å². The molecule has 1 saturated carbocycles. The first kappa shape index (κ1) is 13.5. The summed E-state index contributed by atoms with van der Waals surface area (Å²) in [5, 5.41) is 0. The monoisotopic (exact) mass is 228 g/mol. The summed E-state index contributed by atoms with van der Waals surface area (Å²) < 4.78 is 5.64. The van der Waals surface area contributed by atoms with Crippen molar-refractivity contribution in [3.8, 4) is 0 Å². The minimum atomic E-state index is -0.538. The van der Waals surface area contributed by atoms with Crippen molar-refractivity contribution in [2.45, 2.75) is 46.0 Å². The number of nitrogens with one attached hydrogen (secondary N) is 1. The third-order valence-electron chi connectivity index (χ3n) is 3.29. The Morgan fingerprint density at radius 2 is 2.00 bits per heavy atom. The Bertz CT molecular complexity index is 223. The van der Waals surface area contributed by atoms with Crippen LogP contribution in [0.15, 0.2) is 0 Å². The highest BCUT2D eigenvalue weighted by molar-refractivity contribution is 5.81. The van der Waals surface area contributed by atoms with E-state index in [1.165, 1.54) is 32.1 Å². The second kappa shape index (κ2) is 6.21. The van der Waals surface area contributed by atoms with E-state index < -0.39 is 5.41 Å². The summed E-state index contributed by atoms with van der Waals surface area (Å²) in [6.45, 7) is 4.90. The minimum Gasteiger partial charge on any atom is -0.380 e. The van der Waals surface area contributed by atoms with Gasteiger partial charge in [-0.25, -0.2) is 5.84 Å². The minimum absolute atomic E-state index is 0.170. The lowest BCUT2D eigenvalue weighted by Crippen LogP contribution is -2.43. The zero-order valence-corrected chi connectivity index (χ0v) is 10.4. The van der Waals surface area contributed by atoms with Crippen molar-refractivity contribution in [1.82, 2.24) is 5.43 Å². The molecule has 4 heteroatoms. The molecule has 0 aliphatic heterocycles. The van der Waals surface area contributed by atoms with Crippen molar-refractivity contribution < 1.29 is 9.53 Å². The molecule has 1 aliphatic carbocycles. The van der Waals surface area contributed by atoms with Crippen molar-refractivity contribution >= 4 is 5.91 Å². The highest BCUT2D eigenvalue weighted by atomic mass is 16.5. The molecule has 0 heterocycles. The third-order valence-corrected chi connectivity index (χ3v) is 3.29. The number of hydrogen-bond acceptors (Lipinski definition) is 3. The van der Waals surface area contributed by atoms with Crippen LogP contribution < -0.4 is 11.3 Å². The molecule has 3 N–H and O–H groups in total. The lowest BCUT2D eigenvalue weighted by Gasteiger charge is -2.25. The van der Waals surface area contributed by atoms with Gasteiger partial charge in [-0.3, -0.25) is 10.2 Å². The molecule has 0 spiro atoms. The highest BCUT2D eigenvalue weighted by Gasteiger charge is 2.27. The number of hydrazine groups is 1. The van der Waals surface area contributed by atoms with Gasteiger partial charge in [0.05, 0.1) is 12.0 Å². The molecule has 1 rings (SSSR count). The van der Waals surface area contributed by atoms with E-state index in [4.69, 9.17) is 10.6 Å².